The lowest BCUT2D eigenvalue weighted by Gasteiger charge is -2.01. The topological polar surface area (TPSA) is 20.2 Å². The lowest BCUT2D eigenvalue weighted by atomic mass is 10.1. The molecular weight excluding hydrogens is 260 g/mol. The summed E-state index contributed by atoms with van der Waals surface area (Å²) in [6.45, 7) is 2.28. The van der Waals surface area contributed by atoms with E-state index in [0.717, 1.165) is 11.3 Å². The molecule has 0 aliphatic rings. The van der Waals surface area contributed by atoms with Crippen LogP contribution < -0.4 is 0 Å². The molecule has 1 aromatic carbocycles. The first-order valence-corrected chi connectivity index (χ1v) is 6.18. The first kappa shape index (κ1) is 10.1. The van der Waals surface area contributed by atoms with E-state index in [1.165, 1.54) is 20.1 Å². The largest absolute Gasteiger partial charge is 0.391 e. The van der Waals surface area contributed by atoms with Gasteiger partial charge >= 0.3 is 0 Å². The summed E-state index contributed by atoms with van der Waals surface area (Å²) in [6.07, 6.45) is 1.03. The van der Waals surface area contributed by atoms with Gasteiger partial charge in [0.25, 0.3) is 0 Å². The molecule has 0 saturated carbocycles. The molecule has 2 rings (SSSR count). The third-order valence-electron chi connectivity index (χ3n) is 2.29. The first-order chi connectivity index (χ1) is 6.76. The third-order valence-corrected chi connectivity index (χ3v) is 4.62. The Morgan fingerprint density at radius 3 is 2.86 bits per heavy atom. The van der Waals surface area contributed by atoms with E-state index in [4.69, 9.17) is 5.11 Å². The van der Waals surface area contributed by atoms with Gasteiger partial charge in [0.15, 0.2) is 0 Å². The lowest BCUT2D eigenvalue weighted by molar-refractivity contribution is 0.285. The van der Waals surface area contributed by atoms with Gasteiger partial charge in [-0.05, 0) is 39.4 Å². The van der Waals surface area contributed by atoms with E-state index in [0.29, 0.717) is 0 Å². The molecule has 0 amide bonds. The van der Waals surface area contributed by atoms with Gasteiger partial charge in [-0.25, -0.2) is 0 Å². The SMILES string of the molecule is CCc1ccc2cc(CO)sc2c1Br. The summed E-state index contributed by atoms with van der Waals surface area (Å²) in [5, 5.41) is 10.3. The fourth-order valence-electron chi connectivity index (χ4n) is 1.51. The Balaban J connectivity index is 2.68. The zero-order valence-electron chi connectivity index (χ0n) is 7.88. The Kier molecular flexibility index (Phi) is 2.91. The molecule has 3 heteroatoms. The number of hydrogen-bond acceptors (Lipinski definition) is 2. The molecule has 0 spiro atoms. The lowest BCUT2D eigenvalue weighted by Crippen LogP contribution is -1.80. The Labute approximate surface area is 95.5 Å². The van der Waals surface area contributed by atoms with Crippen LogP contribution in [-0.4, -0.2) is 5.11 Å². The summed E-state index contributed by atoms with van der Waals surface area (Å²) in [5.74, 6) is 0. The third kappa shape index (κ3) is 1.60. The average Bonchev–Trinajstić information content (AvgIpc) is 2.62. The summed E-state index contributed by atoms with van der Waals surface area (Å²) in [4.78, 5) is 1.02. The van der Waals surface area contributed by atoms with Gasteiger partial charge in [-0.2, -0.15) is 0 Å². The fourth-order valence-corrected chi connectivity index (χ4v) is 3.38. The quantitative estimate of drug-likeness (QED) is 0.882. The van der Waals surface area contributed by atoms with Crippen LogP contribution in [0.4, 0.5) is 0 Å². The molecule has 0 atom stereocenters. The maximum Gasteiger partial charge on any atom is 0.0774 e. The summed E-state index contributed by atoms with van der Waals surface area (Å²) in [7, 11) is 0. The van der Waals surface area contributed by atoms with Crippen LogP contribution in [-0.2, 0) is 13.0 Å². The second kappa shape index (κ2) is 4.01. The molecule has 14 heavy (non-hydrogen) atoms. The minimum atomic E-state index is 0.132. The minimum Gasteiger partial charge on any atom is -0.391 e. The highest BCUT2D eigenvalue weighted by Crippen LogP contribution is 2.34. The number of fused-ring (bicyclic) bond motifs is 1. The van der Waals surface area contributed by atoms with Gasteiger partial charge in [0, 0.05) is 14.0 Å². The normalized spacial score (nSPS) is 11.1. The maximum atomic E-state index is 9.05. The highest BCUT2D eigenvalue weighted by atomic mass is 79.9. The molecule has 2 aromatic rings. The van der Waals surface area contributed by atoms with E-state index < -0.39 is 0 Å². The predicted octanol–water partition coefficient (Wildman–Crippen LogP) is 3.72. The Bertz CT molecular complexity index is 462. The minimum absolute atomic E-state index is 0.132. The summed E-state index contributed by atoms with van der Waals surface area (Å²) in [6, 6.07) is 6.30. The Hall–Kier alpha value is -0.380. The van der Waals surface area contributed by atoms with E-state index >= 15 is 0 Å². The molecule has 1 N–H and O–H groups in total. The van der Waals surface area contributed by atoms with E-state index in [1.54, 1.807) is 11.3 Å². The van der Waals surface area contributed by atoms with E-state index in [1.807, 2.05) is 6.07 Å². The van der Waals surface area contributed by atoms with Gasteiger partial charge in [-0.1, -0.05) is 19.1 Å². The average molecular weight is 271 g/mol. The maximum absolute atomic E-state index is 9.05. The number of aryl methyl sites for hydroxylation is 1. The molecule has 0 radical (unpaired) electrons. The molecular formula is C11H11BrOS. The zero-order chi connectivity index (χ0) is 10.1. The molecule has 0 fully saturated rings. The van der Waals surface area contributed by atoms with E-state index in [9.17, 15) is 0 Å². The van der Waals surface area contributed by atoms with Crippen molar-refractivity contribution in [3.05, 3.63) is 33.1 Å². The van der Waals surface area contributed by atoms with Crippen LogP contribution in [0.15, 0.2) is 22.7 Å². The first-order valence-electron chi connectivity index (χ1n) is 4.57. The number of hydrogen-bond donors (Lipinski definition) is 1. The Morgan fingerprint density at radius 1 is 1.43 bits per heavy atom. The van der Waals surface area contributed by atoms with Crippen molar-refractivity contribution in [3.8, 4) is 0 Å². The van der Waals surface area contributed by atoms with Gasteiger partial charge in [0.05, 0.1) is 6.61 Å². The molecule has 0 aliphatic carbocycles. The number of benzene rings is 1. The highest BCUT2D eigenvalue weighted by Gasteiger charge is 2.07. The Morgan fingerprint density at radius 2 is 2.21 bits per heavy atom. The van der Waals surface area contributed by atoms with Crippen LogP contribution in [0.25, 0.3) is 10.1 Å². The van der Waals surface area contributed by atoms with Gasteiger partial charge in [-0.3, -0.25) is 0 Å². The molecule has 0 aliphatic heterocycles. The van der Waals surface area contributed by atoms with Crippen LogP contribution in [0.2, 0.25) is 0 Å². The van der Waals surface area contributed by atoms with Gasteiger partial charge in [0.2, 0.25) is 0 Å². The summed E-state index contributed by atoms with van der Waals surface area (Å²) >= 11 is 5.27. The highest BCUT2D eigenvalue weighted by molar-refractivity contribution is 9.10. The van der Waals surface area contributed by atoms with Crippen molar-refractivity contribution in [2.45, 2.75) is 20.0 Å². The van der Waals surface area contributed by atoms with Crippen LogP contribution in [0.5, 0.6) is 0 Å². The molecule has 1 heterocycles. The fraction of sp³-hybridized carbons (Fsp3) is 0.273. The van der Waals surface area contributed by atoms with Crippen LogP contribution >= 0.6 is 27.3 Å². The predicted molar refractivity (Wildman–Crippen MR) is 64.8 cm³/mol. The number of thiophene rings is 1. The van der Waals surface area contributed by atoms with Crippen molar-refractivity contribution >= 4 is 37.4 Å². The van der Waals surface area contributed by atoms with Gasteiger partial charge in [-0.15, -0.1) is 11.3 Å². The number of rotatable bonds is 2. The summed E-state index contributed by atoms with van der Waals surface area (Å²) in [5.41, 5.74) is 1.32. The van der Waals surface area contributed by atoms with Gasteiger partial charge in [0.1, 0.15) is 0 Å². The van der Waals surface area contributed by atoms with Crippen molar-refractivity contribution in [2.24, 2.45) is 0 Å². The van der Waals surface area contributed by atoms with Crippen molar-refractivity contribution in [3.63, 3.8) is 0 Å². The standard InChI is InChI=1S/C11H11BrOS/c1-2-7-3-4-8-5-9(6-13)14-11(8)10(7)12/h3-5,13H,2,6H2,1H3. The number of aliphatic hydroxyl groups excluding tert-OH is 1. The van der Waals surface area contributed by atoms with Crippen LogP contribution in [0.3, 0.4) is 0 Å². The molecule has 0 unspecified atom stereocenters. The summed E-state index contributed by atoms with van der Waals surface area (Å²) < 4.78 is 2.43. The smallest absolute Gasteiger partial charge is 0.0774 e. The van der Waals surface area contributed by atoms with Gasteiger partial charge < -0.3 is 5.11 Å². The second-order valence-corrected chi connectivity index (χ2v) is 5.11. The molecule has 0 saturated heterocycles. The monoisotopic (exact) mass is 270 g/mol. The van der Waals surface area contributed by atoms with Crippen molar-refractivity contribution < 1.29 is 5.11 Å². The molecule has 1 nitrogen and oxygen atoms in total. The van der Waals surface area contributed by atoms with Crippen molar-refractivity contribution in [2.75, 3.05) is 0 Å². The van der Waals surface area contributed by atoms with E-state index in [2.05, 4.69) is 35.0 Å². The molecule has 74 valence electrons. The second-order valence-electron chi connectivity index (χ2n) is 3.18. The van der Waals surface area contributed by atoms with Crippen LogP contribution in [0.1, 0.15) is 17.4 Å². The number of aliphatic hydroxyl groups is 1. The zero-order valence-corrected chi connectivity index (χ0v) is 10.3. The van der Waals surface area contributed by atoms with Crippen molar-refractivity contribution in [1.29, 1.82) is 0 Å². The molecule has 1 aromatic heterocycles. The van der Waals surface area contributed by atoms with Crippen LogP contribution in [0, 0.1) is 0 Å². The number of halogens is 1. The van der Waals surface area contributed by atoms with E-state index in [-0.39, 0.29) is 6.61 Å². The van der Waals surface area contributed by atoms with Crippen molar-refractivity contribution in [1.82, 2.24) is 0 Å². The molecule has 0 bridgehead atoms.